The highest BCUT2D eigenvalue weighted by atomic mass is 35.5. The quantitative estimate of drug-likeness (QED) is 0.427. The predicted octanol–water partition coefficient (Wildman–Crippen LogP) is 1.94. The molecule has 25 heavy (non-hydrogen) atoms. The zero-order valence-electron chi connectivity index (χ0n) is 13.4. The van der Waals surface area contributed by atoms with Gasteiger partial charge in [-0.25, -0.2) is 4.79 Å². The zero-order chi connectivity index (χ0) is 17.5. The highest BCUT2D eigenvalue weighted by molar-refractivity contribution is 6.31. The van der Waals surface area contributed by atoms with Gasteiger partial charge in [-0.15, -0.1) is 0 Å². The average molecular weight is 354 g/mol. The van der Waals surface area contributed by atoms with Gasteiger partial charge in [0.1, 0.15) is 0 Å². The number of pyridine rings is 1. The molecule has 5 rings (SSSR count). The van der Waals surface area contributed by atoms with Crippen LogP contribution in [0.3, 0.4) is 0 Å². The molecular formula is C17H12ClN5O2. The monoisotopic (exact) mass is 353 g/mol. The first-order valence-electron chi connectivity index (χ1n) is 7.64. The van der Waals surface area contributed by atoms with E-state index in [0.717, 1.165) is 20.9 Å². The van der Waals surface area contributed by atoms with Crippen LogP contribution in [0.4, 0.5) is 0 Å². The van der Waals surface area contributed by atoms with Gasteiger partial charge in [0, 0.05) is 36.9 Å². The largest absolute Gasteiger partial charge is 0.332 e. The van der Waals surface area contributed by atoms with Crippen molar-refractivity contribution >= 4 is 44.8 Å². The van der Waals surface area contributed by atoms with Crippen molar-refractivity contribution in [2.75, 3.05) is 0 Å². The number of fused-ring (bicyclic) bond motifs is 7. The summed E-state index contributed by atoms with van der Waals surface area (Å²) in [6.07, 6.45) is 3.75. The Labute approximate surface area is 144 Å². The fourth-order valence-electron chi connectivity index (χ4n) is 3.39. The Balaban J connectivity index is 2.07. The second-order valence-electron chi connectivity index (χ2n) is 6.09. The number of nitrogens with zero attached hydrogens (tertiary/aromatic N) is 5. The van der Waals surface area contributed by atoms with E-state index in [-0.39, 0.29) is 5.56 Å². The molecule has 0 radical (unpaired) electrons. The van der Waals surface area contributed by atoms with Gasteiger partial charge in [-0.1, -0.05) is 17.7 Å². The van der Waals surface area contributed by atoms with E-state index in [1.807, 2.05) is 41.1 Å². The lowest BCUT2D eigenvalue weighted by molar-refractivity contribution is 0.708. The van der Waals surface area contributed by atoms with Gasteiger partial charge in [0.25, 0.3) is 5.56 Å². The summed E-state index contributed by atoms with van der Waals surface area (Å²) in [6.45, 7) is 0. The van der Waals surface area contributed by atoms with E-state index in [9.17, 15) is 9.59 Å². The van der Waals surface area contributed by atoms with Crippen molar-refractivity contribution in [3.8, 4) is 0 Å². The minimum absolute atomic E-state index is 0.367. The van der Waals surface area contributed by atoms with Gasteiger partial charge in [-0.3, -0.25) is 22.7 Å². The van der Waals surface area contributed by atoms with Crippen LogP contribution in [-0.2, 0) is 14.1 Å². The second-order valence-corrected chi connectivity index (χ2v) is 6.53. The van der Waals surface area contributed by atoms with E-state index >= 15 is 0 Å². The molecule has 0 atom stereocenters. The van der Waals surface area contributed by atoms with Crippen LogP contribution in [0, 0.1) is 0 Å². The van der Waals surface area contributed by atoms with Crippen LogP contribution in [0.1, 0.15) is 0 Å². The summed E-state index contributed by atoms with van der Waals surface area (Å²) in [5, 5.41) is 2.68. The lowest BCUT2D eigenvalue weighted by atomic mass is 10.1. The predicted molar refractivity (Wildman–Crippen MR) is 96.7 cm³/mol. The lowest BCUT2D eigenvalue weighted by Crippen LogP contribution is -2.37. The van der Waals surface area contributed by atoms with Crippen LogP contribution in [0.2, 0.25) is 5.02 Å². The molecule has 8 heteroatoms. The molecule has 0 amide bonds. The number of hydrogen-bond donors (Lipinski definition) is 0. The maximum atomic E-state index is 12.6. The van der Waals surface area contributed by atoms with Crippen LogP contribution in [0.5, 0.6) is 0 Å². The normalized spacial score (nSPS) is 12.1. The van der Waals surface area contributed by atoms with Crippen molar-refractivity contribution in [1.82, 2.24) is 22.9 Å². The maximum absolute atomic E-state index is 12.6. The molecule has 0 saturated carbocycles. The van der Waals surface area contributed by atoms with E-state index in [1.165, 1.54) is 11.6 Å². The molecular weight excluding hydrogens is 342 g/mol. The molecule has 0 N–H and O–H groups in total. The number of halogens is 1. The third kappa shape index (κ3) is 1.68. The molecule has 0 bridgehead atoms. The molecule has 7 nitrogen and oxygen atoms in total. The smallest absolute Gasteiger partial charge is 0.285 e. The van der Waals surface area contributed by atoms with Crippen molar-refractivity contribution in [2.45, 2.75) is 0 Å². The molecule has 0 aliphatic carbocycles. The van der Waals surface area contributed by atoms with E-state index in [4.69, 9.17) is 11.6 Å². The summed E-state index contributed by atoms with van der Waals surface area (Å²) >= 11 is 6.08. The molecule has 4 aromatic heterocycles. The molecule has 5 aromatic rings. The van der Waals surface area contributed by atoms with Crippen molar-refractivity contribution in [3.63, 3.8) is 0 Å². The van der Waals surface area contributed by atoms with Crippen LogP contribution < -0.4 is 11.2 Å². The van der Waals surface area contributed by atoms with Crippen LogP contribution in [-0.4, -0.2) is 22.9 Å². The fraction of sp³-hybridized carbons (Fsp3) is 0.118. The maximum Gasteiger partial charge on any atom is 0.332 e. The van der Waals surface area contributed by atoms with E-state index in [1.54, 1.807) is 11.4 Å². The SMILES string of the molecule is Cn1c(=O)c2c(nc3n4ccc5cc(Cl)ccc5c4cn23)n(C)c1=O. The Kier molecular flexibility index (Phi) is 2.58. The number of hydrogen-bond acceptors (Lipinski definition) is 3. The summed E-state index contributed by atoms with van der Waals surface area (Å²) in [7, 11) is 3.08. The molecule has 4 heterocycles. The molecule has 0 fully saturated rings. The Morgan fingerprint density at radius 3 is 2.64 bits per heavy atom. The van der Waals surface area contributed by atoms with Crippen LogP contribution in [0.15, 0.2) is 46.2 Å². The van der Waals surface area contributed by atoms with Gasteiger partial charge in [-0.2, -0.15) is 4.98 Å². The number of benzene rings is 1. The Bertz CT molecular complexity index is 1470. The fourth-order valence-corrected chi connectivity index (χ4v) is 3.57. The molecule has 1 aromatic carbocycles. The molecule has 0 aliphatic heterocycles. The first-order valence-corrected chi connectivity index (χ1v) is 8.02. The first-order chi connectivity index (χ1) is 12.0. The van der Waals surface area contributed by atoms with E-state index in [2.05, 4.69) is 4.98 Å². The number of aryl methyl sites for hydroxylation is 1. The van der Waals surface area contributed by atoms with Crippen molar-refractivity contribution < 1.29 is 0 Å². The minimum Gasteiger partial charge on any atom is -0.285 e. The highest BCUT2D eigenvalue weighted by Crippen LogP contribution is 2.26. The van der Waals surface area contributed by atoms with E-state index in [0.29, 0.717) is 22.0 Å². The number of aromatic nitrogens is 5. The van der Waals surface area contributed by atoms with Crippen LogP contribution in [0.25, 0.3) is 33.2 Å². The van der Waals surface area contributed by atoms with Gasteiger partial charge in [0.15, 0.2) is 11.2 Å². The van der Waals surface area contributed by atoms with Gasteiger partial charge < -0.3 is 0 Å². The number of imidazole rings is 2. The van der Waals surface area contributed by atoms with Gasteiger partial charge in [0.2, 0.25) is 5.78 Å². The first kappa shape index (κ1) is 14.3. The molecule has 0 aliphatic rings. The van der Waals surface area contributed by atoms with Crippen LogP contribution >= 0.6 is 11.6 Å². The zero-order valence-corrected chi connectivity index (χ0v) is 14.2. The Morgan fingerprint density at radius 2 is 1.84 bits per heavy atom. The van der Waals surface area contributed by atoms with Gasteiger partial charge in [0.05, 0.1) is 5.52 Å². The summed E-state index contributed by atoms with van der Waals surface area (Å²) in [5.74, 6) is 0.583. The third-order valence-corrected chi connectivity index (χ3v) is 4.93. The summed E-state index contributed by atoms with van der Waals surface area (Å²) in [5.41, 5.74) is 0.898. The molecule has 0 saturated heterocycles. The second kappa shape index (κ2) is 4.52. The summed E-state index contributed by atoms with van der Waals surface area (Å²) in [4.78, 5) is 29.3. The Hall–Kier alpha value is -3.06. The lowest BCUT2D eigenvalue weighted by Gasteiger charge is -2.03. The van der Waals surface area contributed by atoms with Crippen molar-refractivity contribution in [2.24, 2.45) is 14.1 Å². The topological polar surface area (TPSA) is 65.7 Å². The average Bonchev–Trinajstić information content (AvgIpc) is 3.14. The molecule has 0 spiro atoms. The summed E-state index contributed by atoms with van der Waals surface area (Å²) in [6, 6.07) is 7.63. The van der Waals surface area contributed by atoms with Crippen molar-refractivity contribution in [1.29, 1.82) is 0 Å². The van der Waals surface area contributed by atoms with E-state index < -0.39 is 5.69 Å². The third-order valence-electron chi connectivity index (χ3n) is 4.69. The Morgan fingerprint density at radius 1 is 1.04 bits per heavy atom. The van der Waals surface area contributed by atoms with Gasteiger partial charge in [-0.05, 0) is 23.6 Å². The minimum atomic E-state index is -0.396. The van der Waals surface area contributed by atoms with Gasteiger partial charge >= 0.3 is 5.69 Å². The number of rotatable bonds is 0. The van der Waals surface area contributed by atoms with Crippen molar-refractivity contribution in [3.05, 3.63) is 62.5 Å². The standard InChI is InChI=1S/C17H12ClN5O2/c1-20-14-13(15(24)21(2)17(20)25)23-8-12-11-4-3-10(18)7-9(11)5-6-22(12)16(23)19-14/h3-8H,1-2H3. The molecule has 124 valence electrons. The summed E-state index contributed by atoms with van der Waals surface area (Å²) < 4.78 is 6.12. The highest BCUT2D eigenvalue weighted by Gasteiger charge is 2.18. The molecule has 0 unspecified atom stereocenters.